The average Bonchev–Trinajstić information content (AvgIpc) is 2.38. The summed E-state index contributed by atoms with van der Waals surface area (Å²) in [6, 6.07) is 10.7. The van der Waals surface area contributed by atoms with Crippen LogP contribution in [0, 0.1) is 6.92 Å². The van der Waals surface area contributed by atoms with E-state index < -0.39 is 0 Å². The highest BCUT2D eigenvalue weighted by Gasteiger charge is 2.15. The maximum Gasteiger partial charge on any atom is 0.259 e. The molecule has 0 bridgehead atoms. The number of rotatable bonds is 2. The molecule has 0 atom stereocenters. The van der Waals surface area contributed by atoms with Crippen LogP contribution < -0.4 is 10.6 Å². The van der Waals surface area contributed by atoms with Gasteiger partial charge >= 0.3 is 0 Å². The molecule has 0 aliphatic heterocycles. The highest BCUT2D eigenvalue weighted by Crippen LogP contribution is 2.18. The number of carbonyl (C=O) groups is 1. The van der Waals surface area contributed by atoms with Gasteiger partial charge in [0, 0.05) is 30.3 Å². The molecule has 4 nitrogen and oxygen atoms in total. The minimum absolute atomic E-state index is 0.0784. The van der Waals surface area contributed by atoms with Crippen LogP contribution in [0.25, 0.3) is 0 Å². The van der Waals surface area contributed by atoms with Gasteiger partial charge in [0.2, 0.25) is 0 Å². The average molecular weight is 241 g/mol. The topological polar surface area (TPSA) is 59.2 Å². The Labute approximate surface area is 106 Å². The summed E-state index contributed by atoms with van der Waals surface area (Å²) in [6.07, 6.45) is 1.68. The van der Waals surface area contributed by atoms with Crippen molar-refractivity contribution in [2.75, 3.05) is 17.7 Å². The van der Waals surface area contributed by atoms with Crippen LogP contribution in [0.15, 0.2) is 42.6 Å². The van der Waals surface area contributed by atoms with E-state index in [-0.39, 0.29) is 5.91 Å². The SMILES string of the molecule is Cc1ncccc1C(=O)N(C)c1ccc(N)cc1. The molecule has 0 fully saturated rings. The van der Waals surface area contributed by atoms with Crippen LogP contribution in [-0.4, -0.2) is 17.9 Å². The molecule has 0 aliphatic carbocycles. The number of aromatic nitrogens is 1. The molecule has 4 heteroatoms. The second-order valence-electron chi connectivity index (χ2n) is 4.09. The second kappa shape index (κ2) is 4.87. The van der Waals surface area contributed by atoms with E-state index in [4.69, 9.17) is 5.73 Å². The molecule has 0 unspecified atom stereocenters. The lowest BCUT2D eigenvalue weighted by atomic mass is 10.1. The van der Waals surface area contributed by atoms with Gasteiger partial charge in [0.15, 0.2) is 0 Å². The Bertz CT molecular complexity index is 564. The molecular formula is C14H15N3O. The Balaban J connectivity index is 2.29. The van der Waals surface area contributed by atoms with Gasteiger partial charge in [0.05, 0.1) is 5.56 Å². The molecule has 1 aromatic heterocycles. The third-order valence-electron chi connectivity index (χ3n) is 2.82. The molecule has 1 heterocycles. The first-order chi connectivity index (χ1) is 8.59. The van der Waals surface area contributed by atoms with E-state index in [2.05, 4.69) is 4.98 Å². The molecular weight excluding hydrogens is 226 g/mol. The van der Waals surface area contributed by atoms with Crippen LogP contribution in [0.5, 0.6) is 0 Å². The summed E-state index contributed by atoms with van der Waals surface area (Å²) in [4.78, 5) is 18.0. The van der Waals surface area contributed by atoms with Crippen molar-refractivity contribution in [1.82, 2.24) is 4.98 Å². The number of nitrogens with two attached hydrogens (primary N) is 1. The number of pyridine rings is 1. The van der Waals surface area contributed by atoms with E-state index in [9.17, 15) is 4.79 Å². The molecule has 1 aromatic carbocycles. The van der Waals surface area contributed by atoms with Crippen LogP contribution in [0.4, 0.5) is 11.4 Å². The van der Waals surface area contributed by atoms with Gasteiger partial charge < -0.3 is 10.6 Å². The van der Waals surface area contributed by atoms with E-state index in [0.29, 0.717) is 11.3 Å². The Morgan fingerprint density at radius 3 is 2.50 bits per heavy atom. The maximum absolute atomic E-state index is 12.3. The van der Waals surface area contributed by atoms with Gasteiger partial charge in [-0.1, -0.05) is 0 Å². The Kier molecular flexibility index (Phi) is 3.28. The van der Waals surface area contributed by atoms with Gasteiger partial charge in [0.25, 0.3) is 5.91 Å². The number of benzene rings is 1. The van der Waals surface area contributed by atoms with E-state index in [1.807, 2.05) is 19.1 Å². The van der Waals surface area contributed by atoms with Crippen molar-refractivity contribution in [2.24, 2.45) is 0 Å². The van der Waals surface area contributed by atoms with Crippen LogP contribution >= 0.6 is 0 Å². The number of anilines is 2. The minimum atomic E-state index is -0.0784. The molecule has 0 radical (unpaired) electrons. The smallest absolute Gasteiger partial charge is 0.259 e. The van der Waals surface area contributed by atoms with E-state index in [1.165, 1.54) is 0 Å². The van der Waals surface area contributed by atoms with E-state index in [0.717, 1.165) is 11.4 Å². The standard InChI is InChI=1S/C14H15N3O/c1-10-13(4-3-9-16-10)14(18)17(2)12-7-5-11(15)6-8-12/h3-9H,15H2,1-2H3. The van der Waals surface area contributed by atoms with Crippen LogP contribution in [-0.2, 0) is 0 Å². The summed E-state index contributed by atoms with van der Waals surface area (Å²) in [5.74, 6) is -0.0784. The Morgan fingerprint density at radius 1 is 1.22 bits per heavy atom. The van der Waals surface area contributed by atoms with Crippen LogP contribution in [0.2, 0.25) is 0 Å². The Hall–Kier alpha value is -2.36. The number of carbonyl (C=O) groups excluding carboxylic acids is 1. The highest BCUT2D eigenvalue weighted by molar-refractivity contribution is 6.06. The number of aryl methyl sites for hydroxylation is 1. The zero-order chi connectivity index (χ0) is 13.1. The predicted molar refractivity (Wildman–Crippen MR) is 72.6 cm³/mol. The summed E-state index contributed by atoms with van der Waals surface area (Å²) in [6.45, 7) is 1.82. The van der Waals surface area contributed by atoms with Gasteiger partial charge in [-0.3, -0.25) is 9.78 Å². The highest BCUT2D eigenvalue weighted by atomic mass is 16.2. The third kappa shape index (κ3) is 2.32. The van der Waals surface area contributed by atoms with Gasteiger partial charge in [0.1, 0.15) is 0 Å². The zero-order valence-electron chi connectivity index (χ0n) is 10.4. The normalized spacial score (nSPS) is 10.1. The molecule has 2 N–H and O–H groups in total. The van der Waals surface area contributed by atoms with Crippen molar-refractivity contribution < 1.29 is 4.79 Å². The molecule has 0 spiro atoms. The fraction of sp³-hybridized carbons (Fsp3) is 0.143. The molecule has 18 heavy (non-hydrogen) atoms. The first-order valence-corrected chi connectivity index (χ1v) is 5.65. The lowest BCUT2D eigenvalue weighted by Crippen LogP contribution is -2.27. The summed E-state index contributed by atoms with van der Waals surface area (Å²) in [7, 11) is 1.74. The minimum Gasteiger partial charge on any atom is -0.399 e. The molecule has 2 rings (SSSR count). The van der Waals surface area contributed by atoms with Gasteiger partial charge in [-0.05, 0) is 43.3 Å². The molecule has 2 aromatic rings. The number of nitrogen functional groups attached to an aromatic ring is 1. The Morgan fingerprint density at radius 2 is 1.89 bits per heavy atom. The summed E-state index contributed by atoms with van der Waals surface area (Å²) >= 11 is 0. The van der Waals surface area contributed by atoms with Crippen molar-refractivity contribution in [3.63, 3.8) is 0 Å². The lowest BCUT2D eigenvalue weighted by Gasteiger charge is -2.18. The second-order valence-corrected chi connectivity index (χ2v) is 4.09. The molecule has 0 saturated carbocycles. The summed E-state index contributed by atoms with van der Waals surface area (Å²) in [5.41, 5.74) is 8.44. The number of hydrogen-bond donors (Lipinski definition) is 1. The van der Waals surface area contributed by atoms with Crippen molar-refractivity contribution in [2.45, 2.75) is 6.92 Å². The summed E-state index contributed by atoms with van der Waals surface area (Å²) < 4.78 is 0. The predicted octanol–water partition coefficient (Wildman–Crippen LogP) is 2.25. The van der Waals surface area contributed by atoms with Crippen molar-refractivity contribution in [1.29, 1.82) is 0 Å². The monoisotopic (exact) mass is 241 g/mol. The number of nitrogens with zero attached hydrogens (tertiary/aromatic N) is 2. The lowest BCUT2D eigenvalue weighted by molar-refractivity contribution is 0.0992. The van der Waals surface area contributed by atoms with Gasteiger partial charge in [-0.15, -0.1) is 0 Å². The van der Waals surface area contributed by atoms with Crippen molar-refractivity contribution in [3.05, 3.63) is 53.9 Å². The van der Waals surface area contributed by atoms with Crippen LogP contribution in [0.1, 0.15) is 16.1 Å². The zero-order valence-corrected chi connectivity index (χ0v) is 10.4. The van der Waals surface area contributed by atoms with Crippen molar-refractivity contribution >= 4 is 17.3 Å². The first kappa shape index (κ1) is 12.1. The fourth-order valence-electron chi connectivity index (χ4n) is 1.71. The van der Waals surface area contributed by atoms with E-state index in [1.54, 1.807) is 42.4 Å². The van der Waals surface area contributed by atoms with Gasteiger partial charge in [-0.25, -0.2) is 0 Å². The maximum atomic E-state index is 12.3. The van der Waals surface area contributed by atoms with Gasteiger partial charge in [-0.2, -0.15) is 0 Å². The van der Waals surface area contributed by atoms with Crippen molar-refractivity contribution in [3.8, 4) is 0 Å². The fourth-order valence-corrected chi connectivity index (χ4v) is 1.71. The molecule has 92 valence electrons. The summed E-state index contributed by atoms with van der Waals surface area (Å²) in [5, 5.41) is 0. The number of hydrogen-bond acceptors (Lipinski definition) is 3. The van der Waals surface area contributed by atoms with E-state index >= 15 is 0 Å². The molecule has 0 aliphatic rings. The number of amides is 1. The molecule has 1 amide bonds. The van der Waals surface area contributed by atoms with Crippen LogP contribution in [0.3, 0.4) is 0 Å². The molecule has 0 saturated heterocycles. The first-order valence-electron chi connectivity index (χ1n) is 5.65. The quantitative estimate of drug-likeness (QED) is 0.820. The largest absolute Gasteiger partial charge is 0.399 e. The third-order valence-corrected chi connectivity index (χ3v) is 2.82.